The van der Waals surface area contributed by atoms with Crippen LogP contribution in [0.3, 0.4) is 0 Å². The standard InChI is InChI=1S/C10H15N3O4S2/c1-7-5-11-10(18-7)12-19(16,17)13-4-2-3-8(6-13)9(14)15/h5,8H,2-4,6H2,1H3,(H,11,12)(H,14,15). The third-order valence-corrected chi connectivity index (χ3v) is 5.33. The summed E-state index contributed by atoms with van der Waals surface area (Å²) in [5.74, 6) is -1.59. The predicted molar refractivity (Wildman–Crippen MR) is 71.3 cm³/mol. The van der Waals surface area contributed by atoms with Crippen molar-refractivity contribution < 1.29 is 18.3 Å². The van der Waals surface area contributed by atoms with Gasteiger partial charge < -0.3 is 5.11 Å². The van der Waals surface area contributed by atoms with E-state index in [4.69, 9.17) is 5.11 Å². The van der Waals surface area contributed by atoms with Gasteiger partial charge in [-0.1, -0.05) is 0 Å². The fourth-order valence-corrected chi connectivity index (χ4v) is 4.09. The van der Waals surface area contributed by atoms with Crippen LogP contribution in [0.5, 0.6) is 0 Å². The topological polar surface area (TPSA) is 99.6 Å². The van der Waals surface area contributed by atoms with Gasteiger partial charge >= 0.3 is 16.2 Å². The number of carboxylic acid groups (broad SMARTS) is 1. The molecule has 2 N–H and O–H groups in total. The minimum Gasteiger partial charge on any atom is -0.481 e. The fraction of sp³-hybridized carbons (Fsp3) is 0.600. The van der Waals surface area contributed by atoms with E-state index in [-0.39, 0.29) is 6.54 Å². The predicted octanol–water partition coefficient (Wildman–Crippen LogP) is 0.905. The number of rotatable bonds is 4. The van der Waals surface area contributed by atoms with E-state index >= 15 is 0 Å². The van der Waals surface area contributed by atoms with Crippen molar-refractivity contribution in [1.29, 1.82) is 0 Å². The summed E-state index contributed by atoms with van der Waals surface area (Å²) in [5.41, 5.74) is 0. The van der Waals surface area contributed by atoms with Crippen LogP contribution < -0.4 is 4.72 Å². The van der Waals surface area contributed by atoms with Gasteiger partial charge in [0.25, 0.3) is 0 Å². The number of carboxylic acids is 1. The largest absolute Gasteiger partial charge is 0.481 e. The highest BCUT2D eigenvalue weighted by Gasteiger charge is 2.32. The molecular formula is C10H15N3O4S2. The first kappa shape index (κ1) is 14.2. The highest BCUT2D eigenvalue weighted by molar-refractivity contribution is 7.90. The minimum atomic E-state index is -3.72. The van der Waals surface area contributed by atoms with E-state index in [1.807, 2.05) is 6.92 Å². The Morgan fingerprint density at radius 1 is 1.63 bits per heavy atom. The number of piperidine rings is 1. The van der Waals surface area contributed by atoms with Crippen LogP contribution in [-0.2, 0) is 15.0 Å². The Labute approximate surface area is 115 Å². The molecule has 0 aliphatic carbocycles. The molecule has 2 rings (SSSR count). The van der Waals surface area contributed by atoms with Crippen molar-refractivity contribution in [3.8, 4) is 0 Å². The number of anilines is 1. The Bertz CT molecular complexity index is 569. The maximum Gasteiger partial charge on any atom is 0.307 e. The van der Waals surface area contributed by atoms with Crippen LogP contribution in [0.15, 0.2) is 6.20 Å². The molecule has 1 fully saturated rings. The summed E-state index contributed by atoms with van der Waals surface area (Å²) in [7, 11) is -3.72. The van der Waals surface area contributed by atoms with Crippen LogP contribution in [0.25, 0.3) is 0 Å². The van der Waals surface area contributed by atoms with Gasteiger partial charge in [0, 0.05) is 24.2 Å². The van der Waals surface area contributed by atoms with E-state index in [2.05, 4.69) is 9.71 Å². The fourth-order valence-electron chi connectivity index (χ4n) is 1.94. The molecule has 0 saturated carbocycles. The number of aryl methyl sites for hydroxylation is 1. The Balaban J connectivity index is 2.08. The van der Waals surface area contributed by atoms with Crippen molar-refractivity contribution in [2.24, 2.45) is 5.92 Å². The molecule has 0 amide bonds. The molecule has 0 spiro atoms. The highest BCUT2D eigenvalue weighted by atomic mass is 32.2. The quantitative estimate of drug-likeness (QED) is 0.861. The number of hydrogen-bond donors (Lipinski definition) is 2. The molecule has 1 atom stereocenters. The van der Waals surface area contributed by atoms with Gasteiger partial charge in [0.15, 0.2) is 5.13 Å². The third-order valence-electron chi connectivity index (χ3n) is 2.91. The van der Waals surface area contributed by atoms with E-state index < -0.39 is 22.1 Å². The molecule has 1 aliphatic heterocycles. The summed E-state index contributed by atoms with van der Waals surface area (Å²) < 4.78 is 27.8. The molecule has 1 aromatic rings. The van der Waals surface area contributed by atoms with Gasteiger partial charge in [-0.2, -0.15) is 12.7 Å². The van der Waals surface area contributed by atoms with Gasteiger partial charge in [0.1, 0.15) is 0 Å². The van der Waals surface area contributed by atoms with Crippen molar-refractivity contribution in [3.63, 3.8) is 0 Å². The lowest BCUT2D eigenvalue weighted by Gasteiger charge is -2.29. The first-order valence-corrected chi connectivity index (χ1v) is 8.07. The third kappa shape index (κ3) is 3.43. The second-order valence-corrected chi connectivity index (χ2v) is 7.32. The van der Waals surface area contributed by atoms with Crippen LogP contribution in [0.1, 0.15) is 17.7 Å². The van der Waals surface area contributed by atoms with Crippen molar-refractivity contribution in [2.75, 3.05) is 17.8 Å². The average Bonchev–Trinajstić information content (AvgIpc) is 2.74. The molecule has 0 bridgehead atoms. The Morgan fingerprint density at radius 2 is 2.37 bits per heavy atom. The molecule has 1 aromatic heterocycles. The Morgan fingerprint density at radius 3 is 2.95 bits per heavy atom. The molecule has 0 aromatic carbocycles. The highest BCUT2D eigenvalue weighted by Crippen LogP contribution is 2.23. The van der Waals surface area contributed by atoms with Gasteiger partial charge in [-0.15, -0.1) is 11.3 Å². The maximum absolute atomic E-state index is 12.1. The van der Waals surface area contributed by atoms with Gasteiger partial charge in [-0.05, 0) is 19.8 Å². The maximum atomic E-state index is 12.1. The van der Waals surface area contributed by atoms with Crippen LogP contribution in [0.2, 0.25) is 0 Å². The normalized spacial score (nSPS) is 21.2. The zero-order valence-corrected chi connectivity index (χ0v) is 12.0. The molecule has 0 radical (unpaired) electrons. The van der Waals surface area contributed by atoms with Crippen LogP contribution in [0.4, 0.5) is 5.13 Å². The molecule has 2 heterocycles. The summed E-state index contributed by atoms with van der Waals surface area (Å²) in [6, 6.07) is 0. The van der Waals surface area contributed by atoms with Gasteiger partial charge in [0.2, 0.25) is 0 Å². The molecule has 106 valence electrons. The number of carbonyl (C=O) groups is 1. The summed E-state index contributed by atoms with van der Waals surface area (Å²) >= 11 is 1.24. The van der Waals surface area contributed by atoms with Crippen molar-refractivity contribution in [2.45, 2.75) is 19.8 Å². The zero-order chi connectivity index (χ0) is 14.0. The van der Waals surface area contributed by atoms with E-state index in [0.717, 1.165) is 4.88 Å². The number of aliphatic carboxylic acids is 1. The summed E-state index contributed by atoms with van der Waals surface area (Å²) in [6.45, 7) is 2.18. The lowest BCUT2D eigenvalue weighted by molar-refractivity contribution is -0.142. The lowest BCUT2D eigenvalue weighted by Crippen LogP contribution is -2.44. The first-order chi connectivity index (χ1) is 8.88. The molecule has 1 aliphatic rings. The summed E-state index contributed by atoms with van der Waals surface area (Å²) in [4.78, 5) is 15.8. The molecule has 1 unspecified atom stereocenters. The zero-order valence-electron chi connectivity index (χ0n) is 10.4. The van der Waals surface area contributed by atoms with Crippen LogP contribution in [0, 0.1) is 12.8 Å². The second kappa shape index (κ2) is 5.43. The average molecular weight is 305 g/mol. The minimum absolute atomic E-state index is 0.00895. The van der Waals surface area contributed by atoms with Crippen LogP contribution >= 0.6 is 11.3 Å². The molecule has 19 heavy (non-hydrogen) atoms. The van der Waals surface area contributed by atoms with E-state index in [9.17, 15) is 13.2 Å². The van der Waals surface area contributed by atoms with E-state index in [0.29, 0.717) is 24.5 Å². The van der Waals surface area contributed by atoms with Gasteiger partial charge in [-0.25, -0.2) is 9.71 Å². The van der Waals surface area contributed by atoms with Crippen LogP contribution in [-0.4, -0.2) is 41.9 Å². The molecule has 1 saturated heterocycles. The number of hydrogen-bond acceptors (Lipinski definition) is 5. The molecule has 7 nitrogen and oxygen atoms in total. The number of thiazole rings is 1. The second-order valence-electron chi connectivity index (χ2n) is 4.42. The first-order valence-electron chi connectivity index (χ1n) is 5.81. The monoisotopic (exact) mass is 305 g/mol. The smallest absolute Gasteiger partial charge is 0.307 e. The summed E-state index contributed by atoms with van der Waals surface area (Å²) in [6.07, 6.45) is 2.64. The SMILES string of the molecule is Cc1cnc(NS(=O)(=O)N2CCCC(C(=O)O)C2)s1. The van der Waals surface area contributed by atoms with E-state index in [1.165, 1.54) is 15.6 Å². The Hall–Kier alpha value is -1.19. The molecule has 9 heteroatoms. The van der Waals surface area contributed by atoms with Gasteiger partial charge in [-0.3, -0.25) is 4.79 Å². The number of nitrogens with one attached hydrogen (secondary N) is 1. The lowest BCUT2D eigenvalue weighted by atomic mass is 10.0. The number of nitrogens with zero attached hydrogens (tertiary/aromatic N) is 2. The summed E-state index contributed by atoms with van der Waals surface area (Å²) in [5, 5.41) is 9.26. The van der Waals surface area contributed by atoms with E-state index in [1.54, 1.807) is 6.20 Å². The van der Waals surface area contributed by atoms with Crippen molar-refractivity contribution >= 4 is 32.6 Å². The van der Waals surface area contributed by atoms with Crippen molar-refractivity contribution in [3.05, 3.63) is 11.1 Å². The Kier molecular flexibility index (Phi) is 4.07. The van der Waals surface area contributed by atoms with Gasteiger partial charge in [0.05, 0.1) is 5.92 Å². The molecular weight excluding hydrogens is 290 g/mol. The van der Waals surface area contributed by atoms with Crippen molar-refractivity contribution in [1.82, 2.24) is 9.29 Å². The number of aromatic nitrogens is 1.